The van der Waals surface area contributed by atoms with Gasteiger partial charge in [-0.3, -0.25) is 14.6 Å². The zero-order valence-corrected chi connectivity index (χ0v) is 16.6. The second-order valence-electron chi connectivity index (χ2n) is 6.76. The van der Waals surface area contributed by atoms with E-state index in [1.54, 1.807) is 60.8 Å². The quantitative estimate of drug-likeness (QED) is 0.559. The lowest BCUT2D eigenvalue weighted by molar-refractivity contribution is 0.0952. The summed E-state index contributed by atoms with van der Waals surface area (Å²) in [5.74, 6) is -0.799. The molecule has 2 N–H and O–H groups in total. The van der Waals surface area contributed by atoms with Crippen LogP contribution in [0.5, 0.6) is 0 Å². The van der Waals surface area contributed by atoms with Gasteiger partial charge >= 0.3 is 0 Å². The fraction of sp³-hybridized carbons (Fsp3) is 0.174. The fourth-order valence-electron chi connectivity index (χ4n) is 2.94. The maximum Gasteiger partial charge on any atom is 0.257 e. The lowest BCUT2D eigenvalue weighted by Gasteiger charge is -2.19. The summed E-state index contributed by atoms with van der Waals surface area (Å²) >= 11 is 0. The second-order valence-corrected chi connectivity index (χ2v) is 6.76. The Hall–Kier alpha value is -3.74. The summed E-state index contributed by atoms with van der Waals surface area (Å²) < 4.78 is 13.8. The number of aromatic nitrogens is 1. The van der Waals surface area contributed by atoms with Gasteiger partial charge in [0.25, 0.3) is 11.8 Å². The highest BCUT2D eigenvalue weighted by molar-refractivity contribution is 6.04. The van der Waals surface area contributed by atoms with Gasteiger partial charge in [-0.15, -0.1) is 0 Å². The number of carbonyl (C=O) groups is 2. The summed E-state index contributed by atoms with van der Waals surface area (Å²) in [7, 11) is 1.81. The van der Waals surface area contributed by atoms with Gasteiger partial charge in [-0.25, -0.2) is 4.39 Å². The van der Waals surface area contributed by atoms with E-state index in [1.165, 1.54) is 12.3 Å². The van der Waals surface area contributed by atoms with Gasteiger partial charge in [-0.05, 0) is 48.9 Å². The van der Waals surface area contributed by atoms with Gasteiger partial charge in [0.2, 0.25) is 0 Å². The predicted molar refractivity (Wildman–Crippen MR) is 115 cm³/mol. The van der Waals surface area contributed by atoms with Crippen molar-refractivity contribution < 1.29 is 14.0 Å². The smallest absolute Gasteiger partial charge is 0.257 e. The van der Waals surface area contributed by atoms with Crippen molar-refractivity contribution in [2.45, 2.75) is 6.42 Å². The summed E-state index contributed by atoms with van der Waals surface area (Å²) in [4.78, 5) is 30.4. The van der Waals surface area contributed by atoms with E-state index in [2.05, 4.69) is 15.6 Å². The number of nitrogens with zero attached hydrogens (tertiary/aromatic N) is 2. The average molecular weight is 406 g/mol. The van der Waals surface area contributed by atoms with Crippen LogP contribution in [0.2, 0.25) is 0 Å². The summed E-state index contributed by atoms with van der Waals surface area (Å²) in [5, 5.41) is 5.61. The number of benzene rings is 2. The van der Waals surface area contributed by atoms with Crippen LogP contribution in [0.4, 0.5) is 15.8 Å². The van der Waals surface area contributed by atoms with Crippen LogP contribution < -0.4 is 15.5 Å². The highest BCUT2D eigenvalue weighted by Crippen LogP contribution is 2.17. The molecule has 0 atom stereocenters. The first-order valence-corrected chi connectivity index (χ1v) is 9.60. The number of para-hydroxylation sites is 1. The summed E-state index contributed by atoms with van der Waals surface area (Å²) in [5.41, 5.74) is 1.93. The van der Waals surface area contributed by atoms with Crippen molar-refractivity contribution in [1.29, 1.82) is 0 Å². The number of nitrogens with one attached hydrogen (secondary N) is 2. The van der Waals surface area contributed by atoms with E-state index in [0.29, 0.717) is 42.0 Å². The Kier molecular flexibility index (Phi) is 7.10. The Balaban J connectivity index is 1.49. The summed E-state index contributed by atoms with van der Waals surface area (Å²) in [6, 6.07) is 16.7. The van der Waals surface area contributed by atoms with Crippen LogP contribution in [-0.2, 0) is 0 Å². The van der Waals surface area contributed by atoms with E-state index in [0.717, 1.165) is 0 Å². The summed E-state index contributed by atoms with van der Waals surface area (Å²) in [6.45, 7) is 1.05. The van der Waals surface area contributed by atoms with Crippen LogP contribution in [0.3, 0.4) is 0 Å². The molecule has 6 nitrogen and oxygen atoms in total. The van der Waals surface area contributed by atoms with Crippen molar-refractivity contribution in [3.05, 3.63) is 90.0 Å². The second kappa shape index (κ2) is 10.2. The SMILES string of the molecule is CN(CCCNC(=O)c1cccc(NC(=O)c2cccnc2)c1)c1ccccc1F. The average Bonchev–Trinajstić information content (AvgIpc) is 2.77. The first-order chi connectivity index (χ1) is 14.5. The van der Waals surface area contributed by atoms with Gasteiger partial charge < -0.3 is 15.5 Å². The Morgan fingerprint density at radius 1 is 1.00 bits per heavy atom. The maximum atomic E-state index is 13.8. The van der Waals surface area contributed by atoms with Crippen molar-refractivity contribution in [2.75, 3.05) is 30.4 Å². The minimum Gasteiger partial charge on any atom is -0.372 e. The number of amides is 2. The Labute approximate surface area is 174 Å². The van der Waals surface area contributed by atoms with Gasteiger partial charge in [0.15, 0.2) is 0 Å². The van der Waals surface area contributed by atoms with Crippen LogP contribution >= 0.6 is 0 Å². The molecular weight excluding hydrogens is 383 g/mol. The normalized spacial score (nSPS) is 10.3. The van der Waals surface area contributed by atoms with Gasteiger partial charge in [-0.1, -0.05) is 18.2 Å². The molecule has 0 bridgehead atoms. The molecule has 2 amide bonds. The molecule has 0 aliphatic heterocycles. The Morgan fingerprint density at radius 2 is 1.80 bits per heavy atom. The Morgan fingerprint density at radius 3 is 2.57 bits per heavy atom. The van der Waals surface area contributed by atoms with Gasteiger partial charge in [0, 0.05) is 43.8 Å². The van der Waals surface area contributed by atoms with Gasteiger partial charge in [-0.2, -0.15) is 0 Å². The van der Waals surface area contributed by atoms with Crippen molar-refractivity contribution >= 4 is 23.2 Å². The minimum absolute atomic E-state index is 0.235. The molecule has 1 heterocycles. The molecule has 0 spiro atoms. The largest absolute Gasteiger partial charge is 0.372 e. The monoisotopic (exact) mass is 406 g/mol. The van der Waals surface area contributed by atoms with Crippen molar-refractivity contribution in [1.82, 2.24) is 10.3 Å². The van der Waals surface area contributed by atoms with E-state index >= 15 is 0 Å². The number of hydrogen-bond acceptors (Lipinski definition) is 4. The molecule has 3 rings (SSSR count). The summed E-state index contributed by atoms with van der Waals surface area (Å²) in [6.07, 6.45) is 3.73. The van der Waals surface area contributed by atoms with Crippen molar-refractivity contribution in [3.63, 3.8) is 0 Å². The third kappa shape index (κ3) is 5.64. The first-order valence-electron chi connectivity index (χ1n) is 9.60. The lowest BCUT2D eigenvalue weighted by atomic mass is 10.1. The molecule has 0 saturated carbocycles. The van der Waals surface area contributed by atoms with E-state index in [-0.39, 0.29) is 17.6 Å². The van der Waals surface area contributed by atoms with Gasteiger partial charge in [0.1, 0.15) is 5.82 Å². The number of carbonyl (C=O) groups excluding carboxylic acids is 2. The number of pyridine rings is 1. The number of hydrogen-bond donors (Lipinski definition) is 2. The molecule has 154 valence electrons. The van der Waals surface area contributed by atoms with E-state index in [1.807, 2.05) is 11.9 Å². The third-order valence-corrected chi connectivity index (χ3v) is 4.53. The predicted octanol–water partition coefficient (Wildman–Crippen LogP) is 3.73. The molecule has 0 radical (unpaired) electrons. The molecule has 30 heavy (non-hydrogen) atoms. The molecule has 0 aliphatic rings. The number of anilines is 2. The lowest BCUT2D eigenvalue weighted by Crippen LogP contribution is -2.28. The standard InChI is InChI=1S/C23H23FN4O2/c1-28(21-11-3-2-10-20(21)24)14-6-13-26-22(29)17-7-4-9-19(15-17)27-23(30)18-8-5-12-25-16-18/h2-5,7-12,15-16H,6,13-14H2,1H3,(H,26,29)(H,27,30). The highest BCUT2D eigenvalue weighted by atomic mass is 19.1. The molecule has 7 heteroatoms. The molecule has 0 aliphatic carbocycles. The van der Waals surface area contributed by atoms with E-state index in [4.69, 9.17) is 0 Å². The van der Waals surface area contributed by atoms with Gasteiger partial charge in [0.05, 0.1) is 11.3 Å². The van der Waals surface area contributed by atoms with E-state index < -0.39 is 0 Å². The topological polar surface area (TPSA) is 74.3 Å². The number of rotatable bonds is 8. The zero-order valence-electron chi connectivity index (χ0n) is 16.6. The third-order valence-electron chi connectivity index (χ3n) is 4.53. The Bertz CT molecular complexity index is 1010. The zero-order chi connectivity index (χ0) is 21.3. The van der Waals surface area contributed by atoms with Crippen LogP contribution in [0.25, 0.3) is 0 Å². The molecular formula is C23H23FN4O2. The van der Waals surface area contributed by atoms with Crippen LogP contribution in [0.15, 0.2) is 73.1 Å². The molecule has 0 saturated heterocycles. The highest BCUT2D eigenvalue weighted by Gasteiger charge is 2.10. The van der Waals surface area contributed by atoms with Crippen LogP contribution in [0, 0.1) is 5.82 Å². The fourth-order valence-corrected chi connectivity index (χ4v) is 2.94. The first kappa shape index (κ1) is 21.0. The van der Waals surface area contributed by atoms with Crippen molar-refractivity contribution in [3.8, 4) is 0 Å². The van der Waals surface area contributed by atoms with Crippen LogP contribution in [0.1, 0.15) is 27.1 Å². The molecule has 2 aromatic carbocycles. The minimum atomic E-state index is -0.295. The van der Waals surface area contributed by atoms with E-state index in [9.17, 15) is 14.0 Å². The molecule has 0 unspecified atom stereocenters. The van der Waals surface area contributed by atoms with Crippen molar-refractivity contribution in [2.24, 2.45) is 0 Å². The van der Waals surface area contributed by atoms with Crippen LogP contribution in [-0.4, -0.2) is 36.9 Å². The molecule has 1 aromatic heterocycles. The maximum absolute atomic E-state index is 13.8. The molecule has 3 aromatic rings. The molecule has 0 fully saturated rings. The number of halogens is 1.